The number of methoxy groups -OCH3 is 2. The number of hydrogen-bond acceptors (Lipinski definition) is 13. The van der Waals surface area contributed by atoms with Crippen molar-refractivity contribution < 1.29 is 32.7 Å². The number of ether oxygens (including phenoxy) is 2. The molecule has 0 radical (unpaired) electrons. The molecule has 0 atom stereocenters. The maximum atomic E-state index is 12.6. The molecule has 0 N–H and O–H groups in total. The van der Waals surface area contributed by atoms with Crippen molar-refractivity contribution >= 4 is 90.1 Å². The highest BCUT2D eigenvalue weighted by molar-refractivity contribution is 8.48. The quantitative estimate of drug-likeness (QED) is 0.372. The largest absolute Gasteiger partial charge is 0.465 e. The lowest BCUT2D eigenvalue weighted by Crippen LogP contribution is -2.08. The van der Waals surface area contributed by atoms with Crippen LogP contribution in [0.3, 0.4) is 0 Å². The Kier molecular flexibility index (Phi) is 7.41. The van der Waals surface area contributed by atoms with Crippen LogP contribution in [0.25, 0.3) is 0 Å². The van der Waals surface area contributed by atoms with Crippen LogP contribution in [0.1, 0.15) is 0 Å². The van der Waals surface area contributed by atoms with E-state index in [1.807, 2.05) is 0 Å². The highest BCUT2D eigenvalue weighted by Gasteiger charge is 2.46. The smallest absolute Gasteiger partial charge is 0.353 e. The van der Waals surface area contributed by atoms with E-state index in [4.69, 9.17) is 18.5 Å². The molecule has 3 aliphatic heterocycles. The molecule has 7 nitrogen and oxygen atoms in total. The van der Waals surface area contributed by atoms with E-state index in [1.54, 1.807) is 0 Å². The third-order valence-electron chi connectivity index (χ3n) is 3.22. The van der Waals surface area contributed by atoms with Crippen LogP contribution in [0.2, 0.25) is 0 Å². The molecule has 0 aliphatic carbocycles. The summed E-state index contributed by atoms with van der Waals surface area (Å²) in [5, 5.41) is 0. The number of carbonyl (C=O) groups is 2. The lowest BCUT2D eigenvalue weighted by molar-refractivity contribution is -0.138. The zero-order chi connectivity index (χ0) is 19.8. The van der Waals surface area contributed by atoms with Crippen molar-refractivity contribution in [3.63, 3.8) is 0 Å². The summed E-state index contributed by atoms with van der Waals surface area (Å²) in [5.74, 6) is -1.14. The second-order valence-corrected chi connectivity index (χ2v) is 15.3. The summed E-state index contributed by atoms with van der Waals surface area (Å²) in [6.45, 7) is 0. The first-order valence-corrected chi connectivity index (χ1v) is 13.7. The first-order chi connectivity index (χ1) is 12.9. The van der Waals surface area contributed by atoms with Gasteiger partial charge in [-0.15, -0.1) is 0 Å². The zero-order valence-electron chi connectivity index (χ0n) is 14.3. The Morgan fingerprint density at radius 1 is 0.741 bits per heavy atom. The predicted molar refractivity (Wildman–Crippen MR) is 116 cm³/mol. The van der Waals surface area contributed by atoms with Crippen molar-refractivity contribution in [2.75, 3.05) is 28.4 Å². The van der Waals surface area contributed by atoms with Gasteiger partial charge in [0.05, 0.1) is 31.2 Å². The number of rotatable bonds is 5. The Balaban J connectivity index is 1.75. The molecule has 0 unspecified atom stereocenters. The van der Waals surface area contributed by atoms with E-state index in [9.17, 15) is 14.2 Å². The van der Waals surface area contributed by atoms with Crippen molar-refractivity contribution in [1.82, 2.24) is 0 Å². The summed E-state index contributed by atoms with van der Waals surface area (Å²) in [4.78, 5) is 24.4. The molecule has 0 fully saturated rings. The minimum Gasteiger partial charge on any atom is -0.465 e. The second-order valence-electron chi connectivity index (χ2n) is 4.65. The lowest BCUT2D eigenvalue weighted by Gasteiger charge is -2.19. The Morgan fingerprint density at radius 3 is 1.52 bits per heavy atom. The Labute approximate surface area is 181 Å². The second kappa shape index (κ2) is 9.05. The van der Waals surface area contributed by atoms with E-state index in [0.29, 0.717) is 0 Å². The molecule has 0 saturated carbocycles. The molecule has 0 aromatic carbocycles. The van der Waals surface area contributed by atoms with Gasteiger partial charge >= 0.3 is 19.5 Å². The highest BCUT2D eigenvalue weighted by Crippen LogP contribution is 2.75. The van der Waals surface area contributed by atoms with Gasteiger partial charge in [0.15, 0.2) is 4.32 Å². The summed E-state index contributed by atoms with van der Waals surface area (Å²) < 4.78 is 35.7. The molecule has 3 rings (SSSR count). The van der Waals surface area contributed by atoms with Crippen LogP contribution in [-0.4, -0.2) is 44.7 Å². The molecule has 0 amide bonds. The topological polar surface area (TPSA) is 88.1 Å². The third kappa shape index (κ3) is 4.31. The van der Waals surface area contributed by atoms with Crippen molar-refractivity contribution in [3.05, 3.63) is 26.8 Å². The Bertz CT molecular complexity index is 777. The number of carbonyl (C=O) groups excluding carboxylic acids is 2. The average molecular weight is 505 g/mol. The fourth-order valence-corrected chi connectivity index (χ4v) is 14.6. The van der Waals surface area contributed by atoms with Crippen molar-refractivity contribution in [1.29, 1.82) is 0 Å². The van der Waals surface area contributed by atoms with Gasteiger partial charge in [0.2, 0.25) is 0 Å². The van der Waals surface area contributed by atoms with E-state index in [2.05, 4.69) is 0 Å². The van der Waals surface area contributed by atoms with E-state index in [-0.39, 0.29) is 14.1 Å². The number of thioether (sulfide) groups is 6. The van der Waals surface area contributed by atoms with E-state index >= 15 is 0 Å². The van der Waals surface area contributed by atoms with Crippen LogP contribution in [0.4, 0.5) is 0 Å². The van der Waals surface area contributed by atoms with Gasteiger partial charge in [0.25, 0.3) is 0 Å². The predicted octanol–water partition coefficient (Wildman–Crippen LogP) is 5.01. The first-order valence-electron chi connectivity index (χ1n) is 7.02. The normalized spacial score (nSPS) is 20.6. The molecule has 3 aliphatic rings. The van der Waals surface area contributed by atoms with Crippen LogP contribution < -0.4 is 0 Å². The van der Waals surface area contributed by atoms with Gasteiger partial charge in [-0.3, -0.25) is 4.57 Å². The van der Waals surface area contributed by atoms with Crippen LogP contribution >= 0.6 is 78.2 Å². The molecule has 0 aromatic rings. The van der Waals surface area contributed by atoms with Crippen LogP contribution in [0.15, 0.2) is 26.8 Å². The third-order valence-corrected chi connectivity index (χ3v) is 15.5. The van der Waals surface area contributed by atoms with Gasteiger partial charge in [-0.1, -0.05) is 70.6 Å². The van der Waals surface area contributed by atoms with Crippen molar-refractivity contribution in [2.45, 2.75) is 4.32 Å². The zero-order valence-corrected chi connectivity index (χ0v) is 20.1. The number of esters is 2. The fraction of sp³-hybridized carbons (Fsp3) is 0.385. The summed E-state index contributed by atoms with van der Waals surface area (Å²) >= 11 is 8.34. The summed E-state index contributed by atoms with van der Waals surface area (Å²) in [6, 6.07) is 0. The fourth-order valence-electron chi connectivity index (χ4n) is 1.92. The minimum absolute atomic E-state index is 0.228. The molecule has 3 heterocycles. The molecule has 0 aromatic heterocycles. The van der Waals surface area contributed by atoms with Crippen LogP contribution in [0, 0.1) is 0 Å². The molecule has 0 saturated heterocycles. The minimum atomic E-state index is -3.18. The molecule has 14 heteroatoms. The Hall–Kier alpha value is 0.410. The maximum Gasteiger partial charge on any atom is 0.353 e. The van der Waals surface area contributed by atoms with Gasteiger partial charge in [0.1, 0.15) is 9.81 Å². The van der Waals surface area contributed by atoms with Gasteiger partial charge in [-0.2, -0.15) is 0 Å². The van der Waals surface area contributed by atoms with Crippen LogP contribution in [0.5, 0.6) is 0 Å². The maximum absolute atomic E-state index is 12.6. The van der Waals surface area contributed by atoms with Gasteiger partial charge in [0, 0.05) is 14.2 Å². The molecule has 0 spiro atoms. The molecule has 148 valence electrons. The lowest BCUT2D eigenvalue weighted by atomic mass is 10.5. The molecule has 27 heavy (non-hydrogen) atoms. The summed E-state index contributed by atoms with van der Waals surface area (Å²) in [6.07, 6.45) is 0. The summed E-state index contributed by atoms with van der Waals surface area (Å²) in [7, 11) is 2.12. The first kappa shape index (κ1) is 22.1. The van der Waals surface area contributed by atoms with E-state index < -0.39 is 19.5 Å². The average Bonchev–Trinajstić information content (AvgIpc) is 3.38. The van der Waals surface area contributed by atoms with Crippen molar-refractivity contribution in [3.8, 4) is 0 Å². The van der Waals surface area contributed by atoms with E-state index in [0.717, 1.165) is 16.9 Å². The van der Waals surface area contributed by atoms with Gasteiger partial charge in [-0.05, 0) is 0 Å². The summed E-state index contributed by atoms with van der Waals surface area (Å²) in [5.41, 5.74) is 0. The van der Waals surface area contributed by atoms with Gasteiger partial charge < -0.3 is 18.5 Å². The Morgan fingerprint density at radius 2 is 1.15 bits per heavy atom. The molecular weight excluding hydrogens is 492 g/mol. The van der Waals surface area contributed by atoms with E-state index in [1.165, 1.54) is 99.0 Å². The number of hydrogen-bond donors (Lipinski definition) is 0. The molecular formula is C13H13O7PS6. The van der Waals surface area contributed by atoms with Crippen LogP contribution in [-0.2, 0) is 32.7 Å². The monoisotopic (exact) mass is 504 g/mol. The van der Waals surface area contributed by atoms with Gasteiger partial charge in [-0.25, -0.2) is 9.59 Å². The van der Waals surface area contributed by atoms with Crippen molar-refractivity contribution in [2.24, 2.45) is 0 Å². The molecule has 0 bridgehead atoms. The standard InChI is InChI=1S/C13H13O7PS6/c1-17-7(14)5-6(8(15)18-2)23-9(22-5)10-24-11-12(25-10)27-13(26-11)21(16,19-3)20-4/h13H,1-4H3. The highest BCUT2D eigenvalue weighted by atomic mass is 32.3. The SMILES string of the molecule is COC(=O)C1=C(C(=O)OC)SC(=C2SC3=C(S2)SC(P(=O)(OC)OC)S3)S1.